The van der Waals surface area contributed by atoms with Crippen molar-refractivity contribution >= 4 is 0 Å². The van der Waals surface area contributed by atoms with Crippen molar-refractivity contribution in [3.63, 3.8) is 0 Å². The Bertz CT molecular complexity index is 207. The summed E-state index contributed by atoms with van der Waals surface area (Å²) in [5, 5.41) is 12.3. The summed E-state index contributed by atoms with van der Waals surface area (Å²) in [5.74, 6) is 0. The van der Waals surface area contributed by atoms with Gasteiger partial charge in [0.15, 0.2) is 0 Å². The Morgan fingerprint density at radius 2 is 1.82 bits per heavy atom. The van der Waals surface area contributed by atoms with Gasteiger partial charge in [0.05, 0.1) is 6.61 Å². The molecule has 100 valence electrons. The molecule has 0 radical (unpaired) electrons. The van der Waals surface area contributed by atoms with Crippen molar-refractivity contribution in [2.75, 3.05) is 46.4 Å². The molecule has 0 bridgehead atoms. The molecule has 4 heteroatoms. The number of aliphatic hydroxyl groups excluding tert-OH is 1. The number of hydrogen-bond donors (Lipinski definition) is 2. The summed E-state index contributed by atoms with van der Waals surface area (Å²) in [6.07, 6.45) is 5.68. The molecule has 2 fully saturated rings. The van der Waals surface area contributed by atoms with Crippen LogP contribution >= 0.6 is 0 Å². The minimum absolute atomic E-state index is 0.230. The molecular formula is C13H27N3O. The van der Waals surface area contributed by atoms with Gasteiger partial charge in [-0.05, 0) is 19.9 Å². The van der Waals surface area contributed by atoms with Crippen LogP contribution in [0.4, 0.5) is 0 Å². The van der Waals surface area contributed by atoms with Gasteiger partial charge < -0.3 is 10.4 Å². The highest BCUT2D eigenvalue weighted by atomic mass is 16.3. The summed E-state index contributed by atoms with van der Waals surface area (Å²) in [6.45, 7) is 5.97. The second-order valence-electron chi connectivity index (χ2n) is 5.44. The Hall–Kier alpha value is -0.160. The predicted octanol–water partition coefficient (Wildman–Crippen LogP) is 0.127. The van der Waals surface area contributed by atoms with Crippen LogP contribution in [0.5, 0.6) is 0 Å². The largest absolute Gasteiger partial charge is 0.395 e. The van der Waals surface area contributed by atoms with Gasteiger partial charge in [-0.1, -0.05) is 12.8 Å². The minimum atomic E-state index is 0.230. The van der Waals surface area contributed by atoms with Crippen molar-refractivity contribution in [2.45, 2.75) is 37.8 Å². The van der Waals surface area contributed by atoms with Gasteiger partial charge in [-0.25, -0.2) is 0 Å². The number of likely N-dealkylation sites (N-methyl/N-ethyl adjacent to an activating group) is 1. The molecule has 1 aliphatic carbocycles. The summed E-state index contributed by atoms with van der Waals surface area (Å²) in [7, 11) is 1.93. The van der Waals surface area contributed by atoms with Crippen LogP contribution in [-0.4, -0.2) is 73.4 Å². The molecule has 1 atom stereocenters. The summed E-state index contributed by atoms with van der Waals surface area (Å²) < 4.78 is 0. The summed E-state index contributed by atoms with van der Waals surface area (Å²) >= 11 is 0. The van der Waals surface area contributed by atoms with Crippen molar-refractivity contribution in [1.82, 2.24) is 15.1 Å². The van der Waals surface area contributed by atoms with Crippen LogP contribution in [0.15, 0.2) is 0 Å². The third-order valence-corrected chi connectivity index (χ3v) is 4.36. The van der Waals surface area contributed by atoms with Crippen LogP contribution in [0.1, 0.15) is 25.7 Å². The van der Waals surface area contributed by atoms with Gasteiger partial charge in [0, 0.05) is 44.8 Å². The molecule has 2 N–H and O–H groups in total. The van der Waals surface area contributed by atoms with Crippen LogP contribution in [0.25, 0.3) is 0 Å². The highest BCUT2D eigenvalue weighted by molar-refractivity contribution is 4.83. The molecule has 1 unspecified atom stereocenters. The van der Waals surface area contributed by atoms with Gasteiger partial charge >= 0.3 is 0 Å². The average Bonchev–Trinajstić information content (AvgIpc) is 2.90. The first-order chi connectivity index (χ1) is 8.33. The molecule has 0 amide bonds. The van der Waals surface area contributed by atoms with Gasteiger partial charge in [0.25, 0.3) is 0 Å². The second kappa shape index (κ2) is 6.69. The van der Waals surface area contributed by atoms with Crippen LogP contribution in [0, 0.1) is 0 Å². The van der Waals surface area contributed by atoms with Crippen LogP contribution < -0.4 is 5.32 Å². The van der Waals surface area contributed by atoms with E-state index in [9.17, 15) is 5.11 Å². The quantitative estimate of drug-likeness (QED) is 0.717. The molecule has 17 heavy (non-hydrogen) atoms. The Morgan fingerprint density at radius 1 is 1.18 bits per heavy atom. The molecule has 2 aliphatic rings. The van der Waals surface area contributed by atoms with Gasteiger partial charge in [0.2, 0.25) is 0 Å². The smallest absolute Gasteiger partial charge is 0.0597 e. The summed E-state index contributed by atoms with van der Waals surface area (Å²) in [6, 6.07) is 1.10. The van der Waals surface area contributed by atoms with E-state index >= 15 is 0 Å². The molecule has 0 aromatic heterocycles. The lowest BCUT2D eigenvalue weighted by Crippen LogP contribution is -2.53. The molecule has 1 aliphatic heterocycles. The van der Waals surface area contributed by atoms with Gasteiger partial charge in [0.1, 0.15) is 0 Å². The van der Waals surface area contributed by atoms with Crippen molar-refractivity contribution in [1.29, 1.82) is 0 Å². The van der Waals surface area contributed by atoms with E-state index in [1.165, 1.54) is 38.8 Å². The molecule has 1 saturated carbocycles. The standard InChI is InChI=1S/C13H27N3O/c1-14-12(11-17)10-15-6-8-16(9-7-15)13-4-2-3-5-13/h12-14,17H,2-11H2,1H3. The number of hydrogen-bond acceptors (Lipinski definition) is 4. The number of aliphatic hydroxyl groups is 1. The van der Waals surface area contributed by atoms with Crippen molar-refractivity contribution in [2.24, 2.45) is 0 Å². The Balaban J connectivity index is 1.70. The van der Waals surface area contributed by atoms with Gasteiger partial charge in [-0.15, -0.1) is 0 Å². The normalized spacial score (nSPS) is 26.5. The lowest BCUT2D eigenvalue weighted by Gasteiger charge is -2.39. The maximum absolute atomic E-state index is 9.18. The van der Waals surface area contributed by atoms with Crippen molar-refractivity contribution in [3.05, 3.63) is 0 Å². The molecule has 1 heterocycles. The maximum Gasteiger partial charge on any atom is 0.0597 e. The molecule has 2 rings (SSSR count). The highest BCUT2D eigenvalue weighted by Crippen LogP contribution is 2.24. The lowest BCUT2D eigenvalue weighted by molar-refractivity contribution is 0.0850. The molecule has 1 saturated heterocycles. The first-order valence-electron chi connectivity index (χ1n) is 7.08. The number of nitrogens with one attached hydrogen (secondary N) is 1. The van der Waals surface area contributed by atoms with Gasteiger partial charge in [-0.3, -0.25) is 9.80 Å². The summed E-state index contributed by atoms with van der Waals surface area (Å²) in [5.41, 5.74) is 0. The minimum Gasteiger partial charge on any atom is -0.395 e. The molecule has 0 spiro atoms. The van der Waals surface area contributed by atoms with Gasteiger partial charge in [-0.2, -0.15) is 0 Å². The van der Waals surface area contributed by atoms with Crippen molar-refractivity contribution in [3.8, 4) is 0 Å². The number of piperazine rings is 1. The van der Waals surface area contributed by atoms with E-state index in [2.05, 4.69) is 15.1 Å². The van der Waals surface area contributed by atoms with E-state index < -0.39 is 0 Å². The Kier molecular flexibility index (Phi) is 5.22. The fourth-order valence-electron chi connectivity index (χ4n) is 3.13. The topological polar surface area (TPSA) is 38.7 Å². The van der Waals surface area contributed by atoms with Crippen LogP contribution in [0.3, 0.4) is 0 Å². The van der Waals surface area contributed by atoms with E-state index in [1.807, 2.05) is 7.05 Å². The summed E-state index contributed by atoms with van der Waals surface area (Å²) in [4.78, 5) is 5.15. The van der Waals surface area contributed by atoms with E-state index in [-0.39, 0.29) is 12.6 Å². The number of nitrogens with zero attached hydrogens (tertiary/aromatic N) is 2. The molecule has 0 aromatic carbocycles. The third kappa shape index (κ3) is 3.65. The third-order valence-electron chi connectivity index (χ3n) is 4.36. The van der Waals surface area contributed by atoms with E-state index in [4.69, 9.17) is 0 Å². The fraction of sp³-hybridized carbons (Fsp3) is 1.00. The van der Waals surface area contributed by atoms with Crippen LogP contribution in [0.2, 0.25) is 0 Å². The monoisotopic (exact) mass is 241 g/mol. The zero-order valence-corrected chi connectivity index (χ0v) is 11.1. The molecule has 4 nitrogen and oxygen atoms in total. The number of rotatable bonds is 5. The average molecular weight is 241 g/mol. The lowest BCUT2D eigenvalue weighted by atomic mass is 10.1. The first kappa shape index (κ1) is 13.3. The van der Waals surface area contributed by atoms with E-state index in [0.29, 0.717) is 0 Å². The van der Waals surface area contributed by atoms with E-state index in [1.54, 1.807) is 0 Å². The zero-order valence-electron chi connectivity index (χ0n) is 11.1. The van der Waals surface area contributed by atoms with Crippen molar-refractivity contribution < 1.29 is 5.11 Å². The van der Waals surface area contributed by atoms with E-state index in [0.717, 1.165) is 25.7 Å². The SMILES string of the molecule is CNC(CO)CN1CCN(C2CCCC2)CC1. The Morgan fingerprint density at radius 3 is 2.35 bits per heavy atom. The maximum atomic E-state index is 9.18. The fourth-order valence-corrected chi connectivity index (χ4v) is 3.13. The molecule has 0 aromatic rings. The Labute approximate surface area is 105 Å². The second-order valence-corrected chi connectivity index (χ2v) is 5.44. The predicted molar refractivity (Wildman–Crippen MR) is 70.2 cm³/mol. The highest BCUT2D eigenvalue weighted by Gasteiger charge is 2.26. The zero-order chi connectivity index (χ0) is 12.1. The first-order valence-corrected chi connectivity index (χ1v) is 7.08. The van der Waals surface area contributed by atoms with Crippen LogP contribution in [-0.2, 0) is 0 Å². The molecular weight excluding hydrogens is 214 g/mol.